The van der Waals surface area contributed by atoms with Crippen LogP contribution in [0.25, 0.3) is 11.4 Å². The van der Waals surface area contributed by atoms with Crippen molar-refractivity contribution in [2.45, 2.75) is 43.0 Å². The molecule has 0 saturated carbocycles. The number of benzene rings is 1. The highest BCUT2D eigenvalue weighted by Crippen LogP contribution is 2.26. The minimum Gasteiger partial charge on any atom is -0.342 e. The number of nitrogens with zero attached hydrogens (tertiary/aromatic N) is 4. The first-order chi connectivity index (χ1) is 12.1. The van der Waals surface area contributed by atoms with E-state index in [1.807, 2.05) is 11.8 Å². The van der Waals surface area contributed by atoms with Gasteiger partial charge in [0.25, 0.3) is 0 Å². The smallest absolute Gasteiger partial charge is 0.235 e. The summed E-state index contributed by atoms with van der Waals surface area (Å²) < 4.78 is 14.4. The first-order valence-electron chi connectivity index (χ1n) is 8.48. The van der Waals surface area contributed by atoms with Crippen LogP contribution in [0.2, 0.25) is 0 Å². The number of amides is 1. The summed E-state index contributed by atoms with van der Waals surface area (Å²) in [5.74, 6) is 6.31. The molecule has 3 rings (SSSR count). The number of nitrogens with two attached hydrogens (primary N) is 1. The normalized spacial score (nSPS) is 16.5. The third kappa shape index (κ3) is 4.12. The van der Waals surface area contributed by atoms with Gasteiger partial charge >= 0.3 is 0 Å². The molecule has 1 saturated heterocycles. The van der Waals surface area contributed by atoms with Gasteiger partial charge in [-0.05, 0) is 44.0 Å². The van der Waals surface area contributed by atoms with Gasteiger partial charge in [0.2, 0.25) is 11.1 Å². The molecular weight excluding hydrogens is 341 g/mol. The van der Waals surface area contributed by atoms with Gasteiger partial charge in [-0.15, -0.1) is 10.2 Å². The lowest BCUT2D eigenvalue weighted by Crippen LogP contribution is -2.37. The van der Waals surface area contributed by atoms with Crippen molar-refractivity contribution in [3.8, 4) is 11.4 Å². The molecule has 0 bridgehead atoms. The zero-order chi connectivity index (χ0) is 17.8. The summed E-state index contributed by atoms with van der Waals surface area (Å²) in [7, 11) is 0. The van der Waals surface area contributed by atoms with E-state index in [-0.39, 0.29) is 17.0 Å². The zero-order valence-corrected chi connectivity index (χ0v) is 15.0. The SMILES string of the molecule is C[C@H](Sc1nnc(-c2ccc(F)cc2)n1N)C(=O)N1CCCCCC1. The van der Waals surface area contributed by atoms with Crippen LogP contribution in [0.15, 0.2) is 29.4 Å². The predicted octanol–water partition coefficient (Wildman–Crippen LogP) is 2.68. The second-order valence-electron chi connectivity index (χ2n) is 6.18. The van der Waals surface area contributed by atoms with Crippen molar-refractivity contribution in [1.29, 1.82) is 0 Å². The highest BCUT2D eigenvalue weighted by Gasteiger charge is 2.24. The molecule has 0 aliphatic carbocycles. The van der Waals surface area contributed by atoms with Gasteiger partial charge < -0.3 is 10.7 Å². The number of aromatic nitrogens is 3. The molecule has 1 aliphatic rings. The number of thioether (sulfide) groups is 1. The zero-order valence-electron chi connectivity index (χ0n) is 14.2. The van der Waals surface area contributed by atoms with Crippen LogP contribution < -0.4 is 5.84 Å². The Morgan fingerprint density at radius 3 is 2.44 bits per heavy atom. The molecule has 2 aromatic rings. The van der Waals surface area contributed by atoms with Crippen molar-refractivity contribution in [2.75, 3.05) is 18.9 Å². The fourth-order valence-corrected chi connectivity index (χ4v) is 3.76. The molecule has 1 atom stereocenters. The summed E-state index contributed by atoms with van der Waals surface area (Å²) in [6, 6.07) is 5.90. The van der Waals surface area contributed by atoms with Gasteiger partial charge in [-0.1, -0.05) is 24.6 Å². The minimum absolute atomic E-state index is 0.109. The van der Waals surface area contributed by atoms with Crippen LogP contribution in [0.4, 0.5) is 4.39 Å². The molecule has 134 valence electrons. The van der Waals surface area contributed by atoms with E-state index >= 15 is 0 Å². The summed E-state index contributed by atoms with van der Waals surface area (Å²) in [5.41, 5.74) is 0.676. The number of halogens is 1. The Labute approximate surface area is 150 Å². The van der Waals surface area contributed by atoms with E-state index in [2.05, 4.69) is 10.2 Å². The van der Waals surface area contributed by atoms with Crippen LogP contribution in [-0.2, 0) is 4.79 Å². The van der Waals surface area contributed by atoms with Crippen LogP contribution in [0.5, 0.6) is 0 Å². The Morgan fingerprint density at radius 1 is 1.16 bits per heavy atom. The molecule has 0 radical (unpaired) electrons. The fourth-order valence-electron chi connectivity index (χ4n) is 2.91. The van der Waals surface area contributed by atoms with Gasteiger partial charge in [0.15, 0.2) is 5.82 Å². The lowest BCUT2D eigenvalue weighted by atomic mass is 10.2. The molecular formula is C17H22FN5OS. The average molecular weight is 363 g/mol. The summed E-state index contributed by atoms with van der Waals surface area (Å²) in [5, 5.41) is 8.34. The van der Waals surface area contributed by atoms with Gasteiger partial charge in [0.05, 0.1) is 5.25 Å². The summed E-state index contributed by atoms with van der Waals surface area (Å²) in [4.78, 5) is 14.6. The van der Waals surface area contributed by atoms with E-state index in [1.54, 1.807) is 12.1 Å². The Morgan fingerprint density at radius 2 is 1.80 bits per heavy atom. The van der Waals surface area contributed by atoms with Crippen molar-refractivity contribution in [2.24, 2.45) is 0 Å². The second kappa shape index (κ2) is 7.86. The van der Waals surface area contributed by atoms with Crippen LogP contribution in [0.3, 0.4) is 0 Å². The number of carbonyl (C=O) groups is 1. The lowest BCUT2D eigenvalue weighted by molar-refractivity contribution is -0.130. The third-order valence-corrected chi connectivity index (χ3v) is 5.36. The highest BCUT2D eigenvalue weighted by molar-refractivity contribution is 8.00. The molecule has 6 nitrogen and oxygen atoms in total. The van der Waals surface area contributed by atoms with Crippen LogP contribution in [-0.4, -0.2) is 44.0 Å². The van der Waals surface area contributed by atoms with E-state index in [0.29, 0.717) is 16.5 Å². The van der Waals surface area contributed by atoms with Crippen molar-refractivity contribution in [1.82, 2.24) is 19.8 Å². The monoisotopic (exact) mass is 363 g/mol. The van der Waals surface area contributed by atoms with Crippen LogP contribution >= 0.6 is 11.8 Å². The molecule has 1 aromatic heterocycles. The van der Waals surface area contributed by atoms with Crippen LogP contribution in [0, 0.1) is 5.82 Å². The van der Waals surface area contributed by atoms with E-state index in [1.165, 1.54) is 41.4 Å². The van der Waals surface area contributed by atoms with Gasteiger partial charge in [-0.2, -0.15) is 0 Å². The highest BCUT2D eigenvalue weighted by atomic mass is 32.2. The summed E-state index contributed by atoms with van der Waals surface area (Å²) in [6.07, 6.45) is 4.49. The van der Waals surface area contributed by atoms with Gasteiger partial charge in [0, 0.05) is 18.7 Å². The Bertz CT molecular complexity index is 725. The molecule has 2 heterocycles. The Balaban J connectivity index is 1.70. The number of hydrogen-bond acceptors (Lipinski definition) is 5. The molecule has 1 amide bonds. The second-order valence-corrected chi connectivity index (χ2v) is 7.49. The maximum absolute atomic E-state index is 13.1. The molecule has 2 N–H and O–H groups in total. The maximum Gasteiger partial charge on any atom is 0.235 e. The minimum atomic E-state index is -0.321. The molecule has 1 aliphatic heterocycles. The number of rotatable bonds is 4. The van der Waals surface area contributed by atoms with Gasteiger partial charge in [-0.3, -0.25) is 4.79 Å². The molecule has 1 aromatic carbocycles. The van der Waals surface area contributed by atoms with Gasteiger partial charge in [-0.25, -0.2) is 9.07 Å². The fraction of sp³-hybridized carbons (Fsp3) is 0.471. The largest absolute Gasteiger partial charge is 0.342 e. The Kier molecular flexibility index (Phi) is 5.57. The number of hydrogen-bond donors (Lipinski definition) is 1. The Hall–Kier alpha value is -2.09. The summed E-state index contributed by atoms with van der Waals surface area (Å²) in [6.45, 7) is 3.50. The molecule has 0 spiro atoms. The maximum atomic E-state index is 13.1. The molecule has 0 unspecified atom stereocenters. The average Bonchev–Trinajstić information content (AvgIpc) is 2.82. The van der Waals surface area contributed by atoms with Crippen molar-refractivity contribution in [3.05, 3.63) is 30.1 Å². The predicted molar refractivity (Wildman–Crippen MR) is 95.9 cm³/mol. The van der Waals surface area contributed by atoms with E-state index in [4.69, 9.17) is 5.84 Å². The van der Waals surface area contributed by atoms with E-state index < -0.39 is 0 Å². The number of nitrogen functional groups attached to an aromatic ring is 1. The third-order valence-electron chi connectivity index (χ3n) is 4.31. The van der Waals surface area contributed by atoms with Gasteiger partial charge in [0.1, 0.15) is 5.82 Å². The molecule has 1 fully saturated rings. The first-order valence-corrected chi connectivity index (χ1v) is 9.36. The lowest BCUT2D eigenvalue weighted by Gasteiger charge is -2.23. The molecule has 25 heavy (non-hydrogen) atoms. The topological polar surface area (TPSA) is 77.0 Å². The molecule has 8 heteroatoms. The standard InChI is InChI=1S/C17H22FN5OS/c1-12(16(24)22-10-4-2-3-5-11-22)25-17-21-20-15(23(17)19)13-6-8-14(18)9-7-13/h6-9,12H,2-5,10-11,19H2,1H3/t12-/m0/s1. The summed E-state index contributed by atoms with van der Waals surface area (Å²) >= 11 is 1.30. The van der Waals surface area contributed by atoms with Crippen molar-refractivity contribution in [3.63, 3.8) is 0 Å². The first kappa shape index (κ1) is 17.7. The number of likely N-dealkylation sites (tertiary alicyclic amines) is 1. The number of carbonyl (C=O) groups excluding carboxylic acids is 1. The van der Waals surface area contributed by atoms with E-state index in [9.17, 15) is 9.18 Å². The van der Waals surface area contributed by atoms with E-state index in [0.717, 1.165) is 25.9 Å². The van der Waals surface area contributed by atoms with Crippen molar-refractivity contribution < 1.29 is 9.18 Å². The van der Waals surface area contributed by atoms with Crippen molar-refractivity contribution >= 4 is 17.7 Å². The quantitative estimate of drug-likeness (QED) is 0.667. The van der Waals surface area contributed by atoms with Crippen LogP contribution in [0.1, 0.15) is 32.6 Å².